The van der Waals surface area contributed by atoms with Gasteiger partial charge in [0.05, 0.1) is 22.5 Å². The van der Waals surface area contributed by atoms with Crippen molar-refractivity contribution in [2.75, 3.05) is 19.6 Å². The summed E-state index contributed by atoms with van der Waals surface area (Å²) in [6.07, 6.45) is -0.469. The van der Waals surface area contributed by atoms with E-state index >= 15 is 0 Å². The lowest BCUT2D eigenvalue weighted by Gasteiger charge is -2.13. The van der Waals surface area contributed by atoms with Gasteiger partial charge in [-0.1, -0.05) is 16.8 Å². The zero-order chi connectivity index (χ0) is 17.3. The van der Waals surface area contributed by atoms with E-state index in [0.29, 0.717) is 31.0 Å². The number of nitrogens with one attached hydrogen (secondary N) is 2. The van der Waals surface area contributed by atoms with Crippen LogP contribution in [-0.4, -0.2) is 51.7 Å². The molecule has 1 aliphatic heterocycles. The Balaban J connectivity index is 1.74. The van der Waals surface area contributed by atoms with Gasteiger partial charge in [-0.05, 0) is 25.1 Å². The van der Waals surface area contributed by atoms with Crippen LogP contribution in [0, 0.1) is 18.7 Å². The van der Waals surface area contributed by atoms with E-state index in [-0.39, 0.29) is 22.5 Å². The lowest BCUT2D eigenvalue weighted by Crippen LogP contribution is -2.34. The van der Waals surface area contributed by atoms with Crippen molar-refractivity contribution in [3.05, 3.63) is 40.4 Å². The highest BCUT2D eigenvalue weighted by Crippen LogP contribution is 2.20. The van der Waals surface area contributed by atoms with E-state index in [1.54, 1.807) is 6.92 Å². The first-order valence-electron chi connectivity index (χ1n) is 7.52. The van der Waals surface area contributed by atoms with Gasteiger partial charge in [-0.25, -0.2) is 9.07 Å². The molecule has 1 amide bonds. The number of rotatable bonds is 4. The third-order valence-corrected chi connectivity index (χ3v) is 4.38. The molecule has 24 heavy (non-hydrogen) atoms. The zero-order valence-electron chi connectivity index (χ0n) is 13.0. The first-order chi connectivity index (χ1) is 11.5. The van der Waals surface area contributed by atoms with E-state index < -0.39 is 11.9 Å². The van der Waals surface area contributed by atoms with Crippen LogP contribution in [0.5, 0.6) is 0 Å². The molecule has 0 bridgehead atoms. The highest BCUT2D eigenvalue weighted by molar-refractivity contribution is 6.30. The second kappa shape index (κ2) is 6.84. The number of β-amino-alcohol motifs (C(OH)–C–C–N with tert-alkyl or cyclic N) is 1. The summed E-state index contributed by atoms with van der Waals surface area (Å²) >= 11 is 5.78. The number of hydrogen-bond acceptors (Lipinski definition) is 5. The standard InChI is InChI=1S/C15H17ClFN5O2/c1-8-14(15(24)19-6-9-5-18-7-13(9)23)20-21-22(8)10-2-3-12(17)11(16)4-10/h2-4,9,13,18,23H,5-7H2,1H3,(H,19,24). The summed E-state index contributed by atoms with van der Waals surface area (Å²) in [6.45, 7) is 3.22. The molecule has 1 aliphatic rings. The minimum atomic E-state index is -0.528. The first-order valence-corrected chi connectivity index (χ1v) is 7.90. The Morgan fingerprint density at radius 1 is 1.54 bits per heavy atom. The Bertz CT molecular complexity index is 766. The SMILES string of the molecule is Cc1c(C(=O)NCC2CNCC2O)nnn1-c1ccc(F)c(Cl)c1. The molecule has 2 unspecified atom stereocenters. The summed E-state index contributed by atoms with van der Waals surface area (Å²) in [5, 5.41) is 23.4. The van der Waals surface area contributed by atoms with Crippen molar-refractivity contribution in [3.8, 4) is 5.69 Å². The molecule has 0 radical (unpaired) electrons. The van der Waals surface area contributed by atoms with Gasteiger partial charge in [0.25, 0.3) is 5.91 Å². The number of aromatic nitrogens is 3. The Kier molecular flexibility index (Phi) is 4.79. The topological polar surface area (TPSA) is 92.1 Å². The van der Waals surface area contributed by atoms with Gasteiger partial charge in [-0.15, -0.1) is 5.10 Å². The summed E-state index contributed by atoms with van der Waals surface area (Å²) in [6, 6.07) is 4.15. The van der Waals surface area contributed by atoms with Crippen LogP contribution >= 0.6 is 11.6 Å². The highest BCUT2D eigenvalue weighted by atomic mass is 35.5. The highest BCUT2D eigenvalue weighted by Gasteiger charge is 2.26. The van der Waals surface area contributed by atoms with Crippen molar-refractivity contribution in [3.63, 3.8) is 0 Å². The lowest BCUT2D eigenvalue weighted by atomic mass is 10.1. The summed E-state index contributed by atoms with van der Waals surface area (Å²) < 4.78 is 14.7. The maximum absolute atomic E-state index is 13.3. The maximum atomic E-state index is 13.3. The number of hydrogen-bond donors (Lipinski definition) is 3. The minimum absolute atomic E-state index is 0.0276. The number of amides is 1. The molecular weight excluding hydrogens is 337 g/mol. The van der Waals surface area contributed by atoms with Crippen LogP contribution in [0.1, 0.15) is 16.2 Å². The number of halogens is 2. The average Bonchev–Trinajstić information content (AvgIpc) is 3.14. The number of nitrogens with zero attached hydrogens (tertiary/aromatic N) is 3. The second-order valence-corrected chi connectivity index (χ2v) is 6.14. The maximum Gasteiger partial charge on any atom is 0.273 e. The molecule has 1 saturated heterocycles. The van der Waals surface area contributed by atoms with Crippen LogP contribution in [0.25, 0.3) is 5.69 Å². The molecule has 3 rings (SSSR count). The van der Waals surface area contributed by atoms with Crippen molar-refractivity contribution in [2.24, 2.45) is 5.92 Å². The van der Waals surface area contributed by atoms with Gasteiger partial charge in [0.1, 0.15) is 5.82 Å². The Hall–Kier alpha value is -2.03. The van der Waals surface area contributed by atoms with E-state index in [9.17, 15) is 14.3 Å². The van der Waals surface area contributed by atoms with Crippen molar-refractivity contribution in [1.82, 2.24) is 25.6 Å². The number of aliphatic hydroxyl groups is 1. The normalized spacial score (nSPS) is 20.3. The second-order valence-electron chi connectivity index (χ2n) is 5.73. The van der Waals surface area contributed by atoms with E-state index in [4.69, 9.17) is 11.6 Å². The molecular formula is C15H17ClFN5O2. The smallest absolute Gasteiger partial charge is 0.273 e. The van der Waals surface area contributed by atoms with Gasteiger partial charge in [0, 0.05) is 25.6 Å². The molecule has 1 fully saturated rings. The first kappa shape index (κ1) is 16.8. The molecule has 2 atom stereocenters. The van der Waals surface area contributed by atoms with Gasteiger partial charge >= 0.3 is 0 Å². The molecule has 128 valence electrons. The fourth-order valence-electron chi connectivity index (χ4n) is 2.64. The third kappa shape index (κ3) is 3.26. The summed E-state index contributed by atoms with van der Waals surface area (Å²) in [4.78, 5) is 12.3. The third-order valence-electron chi connectivity index (χ3n) is 4.09. The predicted octanol–water partition coefficient (Wildman–Crippen LogP) is 0.678. The molecule has 1 aromatic carbocycles. The van der Waals surface area contributed by atoms with Gasteiger partial charge in [-0.3, -0.25) is 4.79 Å². The summed E-state index contributed by atoms with van der Waals surface area (Å²) in [7, 11) is 0. The zero-order valence-corrected chi connectivity index (χ0v) is 13.7. The van der Waals surface area contributed by atoms with Crippen LogP contribution in [0.2, 0.25) is 5.02 Å². The van der Waals surface area contributed by atoms with E-state index in [0.717, 1.165) is 0 Å². The number of aliphatic hydroxyl groups excluding tert-OH is 1. The fourth-order valence-corrected chi connectivity index (χ4v) is 2.81. The van der Waals surface area contributed by atoms with Crippen molar-refractivity contribution < 1.29 is 14.3 Å². The van der Waals surface area contributed by atoms with Crippen LogP contribution in [0.15, 0.2) is 18.2 Å². The van der Waals surface area contributed by atoms with Crippen molar-refractivity contribution in [2.45, 2.75) is 13.0 Å². The largest absolute Gasteiger partial charge is 0.391 e. The van der Waals surface area contributed by atoms with Gasteiger partial charge in [0.2, 0.25) is 0 Å². The van der Waals surface area contributed by atoms with Crippen LogP contribution in [-0.2, 0) is 0 Å². The summed E-state index contributed by atoms with van der Waals surface area (Å²) in [5.74, 6) is -0.925. The molecule has 2 heterocycles. The average molecular weight is 354 g/mol. The van der Waals surface area contributed by atoms with E-state index in [2.05, 4.69) is 20.9 Å². The van der Waals surface area contributed by atoms with Gasteiger partial charge in [-0.2, -0.15) is 0 Å². The molecule has 2 aromatic rings. The van der Waals surface area contributed by atoms with Gasteiger partial charge < -0.3 is 15.7 Å². The monoisotopic (exact) mass is 353 g/mol. The molecule has 1 aromatic heterocycles. The van der Waals surface area contributed by atoms with Crippen molar-refractivity contribution >= 4 is 17.5 Å². The molecule has 3 N–H and O–H groups in total. The minimum Gasteiger partial charge on any atom is -0.391 e. The van der Waals surface area contributed by atoms with E-state index in [1.807, 2.05) is 0 Å². The predicted molar refractivity (Wildman–Crippen MR) is 85.8 cm³/mol. The Labute approximate surface area is 142 Å². The number of carbonyl (C=O) groups excluding carboxylic acids is 1. The lowest BCUT2D eigenvalue weighted by molar-refractivity contribution is 0.0921. The quantitative estimate of drug-likeness (QED) is 0.751. The number of carbonyl (C=O) groups is 1. The number of benzene rings is 1. The van der Waals surface area contributed by atoms with E-state index in [1.165, 1.54) is 22.9 Å². The van der Waals surface area contributed by atoms with Crippen LogP contribution in [0.4, 0.5) is 4.39 Å². The van der Waals surface area contributed by atoms with Crippen LogP contribution in [0.3, 0.4) is 0 Å². The van der Waals surface area contributed by atoms with Crippen molar-refractivity contribution in [1.29, 1.82) is 0 Å². The molecule has 9 heteroatoms. The molecule has 7 nitrogen and oxygen atoms in total. The molecule has 0 spiro atoms. The Morgan fingerprint density at radius 2 is 2.33 bits per heavy atom. The fraction of sp³-hybridized carbons (Fsp3) is 0.400. The van der Waals surface area contributed by atoms with Crippen LogP contribution < -0.4 is 10.6 Å². The summed E-state index contributed by atoms with van der Waals surface area (Å²) in [5.41, 5.74) is 1.21. The van der Waals surface area contributed by atoms with Gasteiger partial charge in [0.15, 0.2) is 5.69 Å². The Morgan fingerprint density at radius 3 is 3.00 bits per heavy atom. The molecule has 0 saturated carbocycles. The molecule has 0 aliphatic carbocycles.